The summed E-state index contributed by atoms with van der Waals surface area (Å²) in [7, 11) is 0. The van der Waals surface area contributed by atoms with E-state index in [-0.39, 0.29) is 23.6 Å². The van der Waals surface area contributed by atoms with Gasteiger partial charge in [-0.3, -0.25) is 4.79 Å². The Morgan fingerprint density at radius 2 is 1.70 bits per heavy atom. The SMILES string of the molecule is CC(C)c1ccc(-c2nc(C(=O)NC3CCCCC3)nn2-c2ccc(F)cc2)cc1. The molecule has 1 aromatic heterocycles. The van der Waals surface area contributed by atoms with Crippen molar-refractivity contribution >= 4 is 5.91 Å². The number of halogens is 1. The van der Waals surface area contributed by atoms with E-state index in [1.165, 1.54) is 24.1 Å². The van der Waals surface area contributed by atoms with E-state index in [2.05, 4.69) is 41.4 Å². The fraction of sp³-hybridized carbons (Fsp3) is 0.375. The van der Waals surface area contributed by atoms with Crippen LogP contribution in [0.1, 0.15) is 68.1 Å². The first-order valence-electron chi connectivity index (χ1n) is 10.7. The molecule has 156 valence electrons. The van der Waals surface area contributed by atoms with Crippen LogP contribution in [0, 0.1) is 5.82 Å². The van der Waals surface area contributed by atoms with Gasteiger partial charge in [0.2, 0.25) is 5.82 Å². The van der Waals surface area contributed by atoms with E-state index in [0.717, 1.165) is 31.2 Å². The Morgan fingerprint density at radius 3 is 2.33 bits per heavy atom. The molecule has 1 N–H and O–H groups in total. The molecule has 1 aliphatic rings. The van der Waals surface area contributed by atoms with E-state index in [4.69, 9.17) is 0 Å². The molecule has 0 aliphatic heterocycles. The van der Waals surface area contributed by atoms with E-state index in [0.29, 0.717) is 17.4 Å². The van der Waals surface area contributed by atoms with Gasteiger partial charge < -0.3 is 5.32 Å². The van der Waals surface area contributed by atoms with Crippen LogP contribution in [0.15, 0.2) is 48.5 Å². The third-order valence-corrected chi connectivity index (χ3v) is 5.66. The molecule has 0 unspecified atom stereocenters. The minimum absolute atomic E-state index is 0.132. The summed E-state index contributed by atoms with van der Waals surface area (Å²) in [4.78, 5) is 17.4. The maximum atomic E-state index is 13.4. The topological polar surface area (TPSA) is 59.8 Å². The Balaban J connectivity index is 1.69. The molecule has 1 amide bonds. The van der Waals surface area contributed by atoms with E-state index >= 15 is 0 Å². The monoisotopic (exact) mass is 406 g/mol. The van der Waals surface area contributed by atoms with Crippen molar-refractivity contribution in [1.29, 1.82) is 0 Å². The second-order valence-corrected chi connectivity index (χ2v) is 8.23. The lowest BCUT2D eigenvalue weighted by Gasteiger charge is -2.21. The zero-order valence-electron chi connectivity index (χ0n) is 17.4. The van der Waals surface area contributed by atoms with Crippen molar-refractivity contribution in [3.63, 3.8) is 0 Å². The predicted octanol–water partition coefficient (Wildman–Crippen LogP) is 5.26. The minimum Gasteiger partial charge on any atom is -0.347 e. The highest BCUT2D eigenvalue weighted by Crippen LogP contribution is 2.24. The summed E-state index contributed by atoms with van der Waals surface area (Å²) < 4.78 is 15.0. The highest BCUT2D eigenvalue weighted by Gasteiger charge is 2.22. The Hall–Kier alpha value is -3.02. The minimum atomic E-state index is -0.322. The third kappa shape index (κ3) is 4.42. The number of amides is 1. The highest BCUT2D eigenvalue weighted by molar-refractivity contribution is 5.91. The van der Waals surface area contributed by atoms with Crippen LogP contribution in [0.2, 0.25) is 0 Å². The molecule has 3 aromatic rings. The second kappa shape index (κ2) is 8.78. The Bertz CT molecular complexity index is 1000. The number of nitrogens with one attached hydrogen (secondary N) is 1. The summed E-state index contributed by atoms with van der Waals surface area (Å²) in [5.74, 6) is 0.532. The van der Waals surface area contributed by atoms with E-state index in [1.54, 1.807) is 16.8 Å². The van der Waals surface area contributed by atoms with Crippen molar-refractivity contribution in [2.75, 3.05) is 0 Å². The summed E-state index contributed by atoms with van der Waals surface area (Å²) in [6.45, 7) is 4.29. The third-order valence-electron chi connectivity index (χ3n) is 5.66. The molecule has 6 heteroatoms. The number of benzene rings is 2. The van der Waals surface area contributed by atoms with Crippen molar-refractivity contribution < 1.29 is 9.18 Å². The van der Waals surface area contributed by atoms with E-state index < -0.39 is 0 Å². The van der Waals surface area contributed by atoms with Crippen molar-refractivity contribution in [2.24, 2.45) is 0 Å². The van der Waals surface area contributed by atoms with Crippen LogP contribution in [-0.4, -0.2) is 26.7 Å². The molecule has 1 heterocycles. The molecule has 1 saturated carbocycles. The van der Waals surface area contributed by atoms with Crippen LogP contribution in [0.4, 0.5) is 4.39 Å². The van der Waals surface area contributed by atoms with Gasteiger partial charge in [-0.15, -0.1) is 5.10 Å². The van der Waals surface area contributed by atoms with Crippen LogP contribution in [0.5, 0.6) is 0 Å². The Morgan fingerprint density at radius 1 is 1.03 bits per heavy atom. The normalized spacial score (nSPS) is 14.8. The number of hydrogen-bond donors (Lipinski definition) is 1. The standard InChI is InChI=1S/C24H27FN4O/c1-16(2)17-8-10-18(11-9-17)23-27-22(24(30)26-20-6-4-3-5-7-20)28-29(23)21-14-12-19(25)13-15-21/h8-16,20H,3-7H2,1-2H3,(H,26,30). The first-order valence-corrected chi connectivity index (χ1v) is 10.7. The summed E-state index contributed by atoms with van der Waals surface area (Å²) >= 11 is 0. The number of carbonyl (C=O) groups is 1. The lowest BCUT2D eigenvalue weighted by Crippen LogP contribution is -2.36. The fourth-order valence-corrected chi connectivity index (χ4v) is 3.87. The number of hydrogen-bond acceptors (Lipinski definition) is 3. The fourth-order valence-electron chi connectivity index (χ4n) is 3.87. The zero-order chi connectivity index (χ0) is 21.1. The molecular formula is C24H27FN4O. The van der Waals surface area contributed by atoms with Crippen molar-refractivity contribution in [1.82, 2.24) is 20.1 Å². The van der Waals surface area contributed by atoms with E-state index in [9.17, 15) is 9.18 Å². The first kappa shape index (κ1) is 20.3. The smallest absolute Gasteiger partial charge is 0.291 e. The molecule has 2 aromatic carbocycles. The van der Waals surface area contributed by atoms with Crippen molar-refractivity contribution in [3.8, 4) is 17.1 Å². The number of rotatable bonds is 5. The van der Waals surface area contributed by atoms with Gasteiger partial charge in [-0.25, -0.2) is 14.1 Å². The van der Waals surface area contributed by atoms with Gasteiger partial charge in [0.15, 0.2) is 5.82 Å². The molecule has 30 heavy (non-hydrogen) atoms. The number of aromatic nitrogens is 3. The quantitative estimate of drug-likeness (QED) is 0.629. The van der Waals surface area contributed by atoms with E-state index in [1.807, 2.05) is 12.1 Å². The van der Waals surface area contributed by atoms with Gasteiger partial charge in [-0.1, -0.05) is 57.4 Å². The number of carbonyl (C=O) groups excluding carboxylic acids is 1. The van der Waals surface area contributed by atoms with Crippen LogP contribution in [-0.2, 0) is 0 Å². The first-order chi connectivity index (χ1) is 14.5. The van der Waals surface area contributed by atoms with Gasteiger partial charge in [0.25, 0.3) is 5.91 Å². The van der Waals surface area contributed by atoms with Crippen LogP contribution >= 0.6 is 0 Å². The van der Waals surface area contributed by atoms with Gasteiger partial charge in [-0.2, -0.15) is 0 Å². The molecule has 0 saturated heterocycles. The largest absolute Gasteiger partial charge is 0.347 e. The average Bonchev–Trinajstić information content (AvgIpc) is 3.21. The lowest BCUT2D eigenvalue weighted by molar-refractivity contribution is 0.0917. The molecule has 5 nitrogen and oxygen atoms in total. The summed E-state index contributed by atoms with van der Waals surface area (Å²) in [6, 6.07) is 14.3. The van der Waals surface area contributed by atoms with Crippen LogP contribution < -0.4 is 5.32 Å². The molecule has 4 rings (SSSR count). The summed E-state index contributed by atoms with van der Waals surface area (Å²) in [5.41, 5.74) is 2.73. The predicted molar refractivity (Wildman–Crippen MR) is 115 cm³/mol. The molecule has 0 spiro atoms. The van der Waals surface area contributed by atoms with Gasteiger partial charge >= 0.3 is 0 Å². The van der Waals surface area contributed by atoms with Gasteiger partial charge in [0.05, 0.1) is 5.69 Å². The zero-order valence-corrected chi connectivity index (χ0v) is 17.4. The molecule has 0 bridgehead atoms. The molecule has 1 aliphatic carbocycles. The molecule has 1 fully saturated rings. The van der Waals surface area contributed by atoms with Gasteiger partial charge in [0.1, 0.15) is 5.82 Å². The van der Waals surface area contributed by atoms with Gasteiger partial charge in [0, 0.05) is 11.6 Å². The Kier molecular flexibility index (Phi) is 5.93. The molecular weight excluding hydrogens is 379 g/mol. The number of nitrogens with zero attached hydrogens (tertiary/aromatic N) is 3. The maximum absolute atomic E-state index is 13.4. The average molecular weight is 407 g/mol. The van der Waals surface area contributed by atoms with Gasteiger partial charge in [-0.05, 0) is 48.6 Å². The maximum Gasteiger partial charge on any atom is 0.291 e. The lowest BCUT2D eigenvalue weighted by atomic mass is 9.95. The van der Waals surface area contributed by atoms with Crippen molar-refractivity contribution in [2.45, 2.75) is 57.9 Å². The van der Waals surface area contributed by atoms with Crippen LogP contribution in [0.25, 0.3) is 17.1 Å². The second-order valence-electron chi connectivity index (χ2n) is 8.23. The summed E-state index contributed by atoms with van der Waals surface area (Å²) in [6.07, 6.45) is 5.48. The highest BCUT2D eigenvalue weighted by atomic mass is 19.1. The Labute approximate surface area is 176 Å². The molecule has 0 atom stereocenters. The molecule has 0 radical (unpaired) electrons. The van der Waals surface area contributed by atoms with Crippen molar-refractivity contribution in [3.05, 3.63) is 65.7 Å². The van der Waals surface area contributed by atoms with Crippen LogP contribution in [0.3, 0.4) is 0 Å². The summed E-state index contributed by atoms with van der Waals surface area (Å²) in [5, 5.41) is 7.56.